The van der Waals surface area contributed by atoms with Gasteiger partial charge in [-0.2, -0.15) is 21.0 Å². The summed E-state index contributed by atoms with van der Waals surface area (Å²) in [5.41, 5.74) is 10.9. The maximum atomic E-state index is 9.57. The van der Waals surface area contributed by atoms with Gasteiger partial charge < -0.3 is 19.9 Å². The molecule has 0 fully saturated rings. The molecule has 8 nitrogen and oxygen atoms in total. The Morgan fingerprint density at radius 1 is 0.263 bits per heavy atom. The normalized spacial score (nSPS) is 11.9. The standard InChI is InChI=1S/C48H24N8.Zn/c49-25-29-1-9-33(10-2-29)45-37-17-19-39(53-37)46(34-11-3-30(26-50)4-12-34)41-21-23-43(55-41)48(36-15-7-32(28-52)8-16-36)44-24-22-42(56-44)47(40-20-18-38(45)54-40)35-13-5-31(27-51)6-14-35;/h1-24H;. The minimum absolute atomic E-state index is 0. The van der Waals surface area contributed by atoms with E-state index in [1.807, 2.05) is 97.1 Å². The van der Waals surface area contributed by atoms with Gasteiger partial charge in [0.25, 0.3) is 0 Å². The summed E-state index contributed by atoms with van der Waals surface area (Å²) in [5.74, 6) is 3.12. The van der Waals surface area contributed by atoms with Crippen LogP contribution in [0.4, 0.5) is 0 Å². The van der Waals surface area contributed by atoms with E-state index >= 15 is 0 Å². The van der Waals surface area contributed by atoms with Crippen LogP contribution in [0.1, 0.15) is 90.1 Å². The number of benzene rings is 4. The Hall–Kier alpha value is -7.94. The molecule has 0 saturated carbocycles. The minimum Gasteiger partial charge on any atom is -0.628 e. The molecule has 8 aromatic rings. The number of nitriles is 4. The molecule has 4 aromatic carbocycles. The monoisotopic (exact) mass is 776 g/mol. The summed E-state index contributed by atoms with van der Waals surface area (Å²) in [7, 11) is 0. The summed E-state index contributed by atoms with van der Waals surface area (Å²) < 4.78 is 0. The number of aromatic nitrogens is 4. The maximum absolute atomic E-state index is 9.57. The molecule has 0 N–H and O–H groups in total. The van der Waals surface area contributed by atoms with Crippen molar-refractivity contribution in [3.8, 4) is 24.3 Å². The second-order valence-electron chi connectivity index (χ2n) is 13.1. The predicted octanol–water partition coefficient (Wildman–Crippen LogP) is 7.39. The third-order valence-corrected chi connectivity index (χ3v) is 9.82. The van der Waals surface area contributed by atoms with E-state index in [0.29, 0.717) is 67.8 Å². The van der Waals surface area contributed by atoms with Crippen molar-refractivity contribution >= 4 is 0 Å². The molecular formula is C48H24N8Zn. The van der Waals surface area contributed by atoms with E-state index in [1.54, 1.807) is 48.5 Å². The molecule has 0 amide bonds. The van der Waals surface area contributed by atoms with Gasteiger partial charge in [-0.25, -0.2) is 0 Å². The SMILES string of the molecule is N#Cc1ccc([C+]2c3ccc([n-]3)[C+](c3ccc(C#N)cc3)c3ccc([n-]3)[C+](c3ccc(C#N)cc3)c3ccc([n-]3)[C+](c3ccc(C#N)cc3)c3ccc2[n-]3)cc1.[Zn]. The average Bonchev–Trinajstić information content (AvgIpc) is 4.10. The quantitative estimate of drug-likeness (QED) is 0.133. The molecule has 0 spiro atoms. The third-order valence-electron chi connectivity index (χ3n) is 9.82. The van der Waals surface area contributed by atoms with E-state index in [2.05, 4.69) is 24.3 Å². The molecule has 0 aliphatic carbocycles. The van der Waals surface area contributed by atoms with Gasteiger partial charge in [-0.1, -0.05) is 0 Å². The molecule has 9 heteroatoms. The third kappa shape index (κ3) is 6.63. The van der Waals surface area contributed by atoms with Gasteiger partial charge in [0.05, 0.1) is 44.5 Å². The predicted molar refractivity (Wildman–Crippen MR) is 206 cm³/mol. The fourth-order valence-electron chi connectivity index (χ4n) is 7.12. The summed E-state index contributed by atoms with van der Waals surface area (Å²) in [4.78, 5) is 21.0. The fourth-order valence-corrected chi connectivity index (χ4v) is 7.12. The molecular weight excluding hydrogens is 754 g/mol. The molecule has 0 unspecified atom stereocenters. The fraction of sp³-hybridized carbons (Fsp3) is 0. The maximum Gasteiger partial charge on any atom is 0.101 e. The van der Waals surface area contributed by atoms with Crippen LogP contribution in [0.5, 0.6) is 0 Å². The Morgan fingerprint density at radius 2 is 0.421 bits per heavy atom. The van der Waals surface area contributed by atoms with Crippen molar-refractivity contribution in [2.24, 2.45) is 0 Å². The van der Waals surface area contributed by atoms with Crippen LogP contribution in [0.3, 0.4) is 0 Å². The Morgan fingerprint density at radius 3 is 0.561 bits per heavy atom. The van der Waals surface area contributed by atoms with Crippen molar-refractivity contribution in [2.75, 3.05) is 0 Å². The van der Waals surface area contributed by atoms with Gasteiger partial charge in [0.1, 0.15) is 24.3 Å². The van der Waals surface area contributed by atoms with Crippen LogP contribution in [-0.4, -0.2) is 0 Å². The molecule has 8 bridgehead atoms. The van der Waals surface area contributed by atoms with Crippen molar-refractivity contribution in [3.63, 3.8) is 0 Å². The molecule has 258 valence electrons. The van der Waals surface area contributed by atoms with Gasteiger partial charge in [0, 0.05) is 140 Å². The second kappa shape index (κ2) is 15.1. The van der Waals surface area contributed by atoms with Gasteiger partial charge in [-0.15, -0.1) is 0 Å². The number of rotatable bonds is 4. The van der Waals surface area contributed by atoms with Gasteiger partial charge in [-0.3, -0.25) is 0 Å². The van der Waals surface area contributed by atoms with E-state index in [0.717, 1.165) is 45.9 Å². The van der Waals surface area contributed by atoms with Crippen molar-refractivity contribution in [2.45, 2.75) is 0 Å². The summed E-state index contributed by atoms with van der Waals surface area (Å²) >= 11 is 0. The Bertz CT molecular complexity index is 2390. The Kier molecular flexibility index (Phi) is 9.53. The first kappa shape index (κ1) is 36.1. The smallest absolute Gasteiger partial charge is 0.101 e. The van der Waals surface area contributed by atoms with E-state index in [9.17, 15) is 21.0 Å². The van der Waals surface area contributed by atoms with E-state index < -0.39 is 0 Å². The first-order valence-corrected chi connectivity index (χ1v) is 17.6. The van der Waals surface area contributed by atoms with Crippen molar-refractivity contribution in [3.05, 3.63) is 259 Å². The summed E-state index contributed by atoms with van der Waals surface area (Å²) in [6, 6.07) is 54.0. The molecule has 1 aliphatic heterocycles. The Balaban J connectivity index is 0.00000455. The number of nitrogens with zero attached hydrogens (tertiary/aromatic N) is 8. The largest absolute Gasteiger partial charge is 0.628 e. The zero-order valence-corrected chi connectivity index (χ0v) is 33.1. The van der Waals surface area contributed by atoms with Gasteiger partial charge >= 0.3 is 0 Å². The minimum atomic E-state index is 0. The van der Waals surface area contributed by atoms with Crippen LogP contribution in [0, 0.1) is 69.0 Å². The van der Waals surface area contributed by atoms with Crippen LogP contribution < -0.4 is 19.9 Å². The van der Waals surface area contributed by atoms with E-state index in [-0.39, 0.29) is 19.5 Å². The van der Waals surface area contributed by atoms with Crippen LogP contribution >= 0.6 is 0 Å². The molecule has 0 atom stereocenters. The first-order valence-electron chi connectivity index (χ1n) is 17.6. The Labute approximate surface area is 342 Å². The molecule has 5 heterocycles. The summed E-state index contributed by atoms with van der Waals surface area (Å²) in [5, 5.41) is 38.3. The molecule has 9 rings (SSSR count). The molecule has 0 radical (unpaired) electrons. The second-order valence-corrected chi connectivity index (χ2v) is 13.1. The zero-order chi connectivity index (χ0) is 38.2. The van der Waals surface area contributed by atoms with Gasteiger partial charge in [-0.05, 0) is 94.1 Å². The molecule has 0 saturated heterocycles. The van der Waals surface area contributed by atoms with E-state index in [4.69, 9.17) is 19.9 Å². The number of fused-ring (bicyclic) bond motifs is 8. The summed E-state index contributed by atoms with van der Waals surface area (Å²) in [6.45, 7) is 0. The van der Waals surface area contributed by atoms with Crippen LogP contribution in [0.2, 0.25) is 0 Å². The van der Waals surface area contributed by atoms with Crippen molar-refractivity contribution < 1.29 is 19.5 Å². The van der Waals surface area contributed by atoms with Crippen LogP contribution in [0.15, 0.2) is 146 Å². The van der Waals surface area contributed by atoms with Gasteiger partial charge in [0.2, 0.25) is 0 Å². The average molecular weight is 778 g/mol. The molecule has 1 aliphatic rings. The summed E-state index contributed by atoms with van der Waals surface area (Å²) in [6.07, 6.45) is 0. The van der Waals surface area contributed by atoms with Crippen molar-refractivity contribution in [1.82, 2.24) is 19.9 Å². The zero-order valence-electron chi connectivity index (χ0n) is 30.1. The first-order chi connectivity index (χ1) is 27.5. The topological polar surface area (TPSA) is 152 Å². The van der Waals surface area contributed by atoms with Crippen LogP contribution in [-0.2, 0) is 19.5 Å². The van der Waals surface area contributed by atoms with E-state index in [1.165, 1.54) is 0 Å². The molecule has 4 aromatic heterocycles. The van der Waals surface area contributed by atoms with Crippen LogP contribution in [0.25, 0.3) is 0 Å². The molecule has 57 heavy (non-hydrogen) atoms. The van der Waals surface area contributed by atoms with Crippen molar-refractivity contribution in [1.29, 1.82) is 21.0 Å². The van der Waals surface area contributed by atoms with Gasteiger partial charge in [0.15, 0.2) is 0 Å². The number of hydrogen-bond acceptors (Lipinski definition) is 4. The number of hydrogen-bond donors (Lipinski definition) is 0.